The molecule has 9 heteroatoms. The summed E-state index contributed by atoms with van der Waals surface area (Å²) < 4.78 is 86.7. The Labute approximate surface area is 170 Å². The van der Waals surface area contributed by atoms with Crippen molar-refractivity contribution in [1.29, 1.82) is 0 Å². The molecule has 1 heterocycles. The fourth-order valence-electron chi connectivity index (χ4n) is 1.95. The molecule has 0 bridgehead atoms. The molecule has 1 aliphatic rings. The zero-order valence-corrected chi connectivity index (χ0v) is 18.1. The van der Waals surface area contributed by atoms with Crippen molar-refractivity contribution in [3.05, 3.63) is 29.3 Å². The van der Waals surface area contributed by atoms with Crippen molar-refractivity contribution in [3.8, 4) is 0 Å². The van der Waals surface area contributed by atoms with E-state index in [0.29, 0.717) is 24.0 Å². The lowest BCUT2D eigenvalue weighted by Crippen LogP contribution is -2.34. The van der Waals surface area contributed by atoms with Gasteiger partial charge in [0.2, 0.25) is 0 Å². The molecular formula is C20H31BF6O2. The first-order valence-corrected chi connectivity index (χ1v) is 9.73. The molecule has 1 fully saturated rings. The van der Waals surface area contributed by atoms with Crippen molar-refractivity contribution in [3.63, 3.8) is 0 Å². The predicted octanol–water partition coefficient (Wildman–Crippen LogP) is 6.71. The zero-order valence-electron chi connectivity index (χ0n) is 18.1. The van der Waals surface area contributed by atoms with Gasteiger partial charge in [-0.1, -0.05) is 67.0 Å². The zero-order chi connectivity index (χ0) is 23.0. The van der Waals surface area contributed by atoms with Crippen molar-refractivity contribution in [1.82, 2.24) is 0 Å². The number of hydrogen-bond acceptors (Lipinski definition) is 2. The lowest BCUT2D eigenvalue weighted by molar-refractivity contribution is -0.142. The Morgan fingerprint density at radius 2 is 1.31 bits per heavy atom. The fraction of sp³-hybridized carbons (Fsp3) is 0.700. The lowest BCUT2D eigenvalue weighted by atomic mass is 9.77. The van der Waals surface area contributed by atoms with Gasteiger partial charge in [0.25, 0.3) is 0 Å². The molecule has 1 aromatic rings. The van der Waals surface area contributed by atoms with E-state index in [-0.39, 0.29) is 24.2 Å². The highest BCUT2D eigenvalue weighted by Crippen LogP contribution is 2.35. The van der Waals surface area contributed by atoms with Crippen LogP contribution >= 0.6 is 0 Å². The number of halogens is 6. The van der Waals surface area contributed by atoms with E-state index in [9.17, 15) is 26.3 Å². The first-order valence-electron chi connectivity index (χ1n) is 9.73. The summed E-state index contributed by atoms with van der Waals surface area (Å²) in [4.78, 5) is 0. The standard InChI is InChI=1S/C12H11BF6O2.C6H14.C2H6/c1-2-10-6-20-13(21-10)9-4-7(11(14,15)16)3-8(5-9)12(17,18)19;1-5-6(2,3)4;1-2/h3-5,10H,2,6H2,1H3;5H2,1-4H3;1-2H3. The van der Waals surface area contributed by atoms with Gasteiger partial charge in [0.05, 0.1) is 23.8 Å². The maximum absolute atomic E-state index is 12.7. The molecule has 1 aromatic carbocycles. The minimum atomic E-state index is -4.88. The van der Waals surface area contributed by atoms with E-state index in [0.717, 1.165) is 0 Å². The third-order valence-electron chi connectivity index (χ3n) is 4.15. The van der Waals surface area contributed by atoms with Crippen LogP contribution in [0.5, 0.6) is 0 Å². The largest absolute Gasteiger partial charge is 0.494 e. The van der Waals surface area contributed by atoms with Gasteiger partial charge in [-0.2, -0.15) is 26.3 Å². The van der Waals surface area contributed by atoms with Crippen LogP contribution in [-0.2, 0) is 21.7 Å². The minimum absolute atomic E-state index is 0.0791. The number of rotatable bonds is 2. The van der Waals surface area contributed by atoms with Gasteiger partial charge >= 0.3 is 19.5 Å². The second kappa shape index (κ2) is 11.3. The Kier molecular flexibility index (Phi) is 10.8. The molecule has 0 saturated carbocycles. The molecule has 1 atom stereocenters. The van der Waals surface area contributed by atoms with Gasteiger partial charge in [-0.3, -0.25) is 0 Å². The van der Waals surface area contributed by atoms with Crippen LogP contribution in [0.3, 0.4) is 0 Å². The molecule has 1 saturated heterocycles. The van der Waals surface area contributed by atoms with Crippen LogP contribution in [0, 0.1) is 5.41 Å². The molecule has 0 radical (unpaired) electrons. The molecule has 2 nitrogen and oxygen atoms in total. The Morgan fingerprint density at radius 1 is 0.897 bits per heavy atom. The van der Waals surface area contributed by atoms with Crippen molar-refractivity contribution in [2.45, 2.75) is 79.8 Å². The molecule has 0 aromatic heterocycles. The smallest absolute Gasteiger partial charge is 0.405 e. The van der Waals surface area contributed by atoms with E-state index in [1.165, 1.54) is 6.42 Å². The summed E-state index contributed by atoms with van der Waals surface area (Å²) in [6.45, 7) is 14.9. The van der Waals surface area contributed by atoms with Crippen LogP contribution in [-0.4, -0.2) is 19.8 Å². The summed E-state index contributed by atoms with van der Waals surface area (Å²) in [5, 5.41) is 0. The number of benzene rings is 1. The van der Waals surface area contributed by atoms with Crippen LogP contribution in [0.25, 0.3) is 0 Å². The van der Waals surface area contributed by atoms with E-state index in [2.05, 4.69) is 27.7 Å². The van der Waals surface area contributed by atoms with Crippen molar-refractivity contribution < 1.29 is 35.7 Å². The highest BCUT2D eigenvalue weighted by Gasteiger charge is 2.40. The van der Waals surface area contributed by atoms with Crippen LogP contribution in [0.4, 0.5) is 26.3 Å². The molecule has 1 aliphatic heterocycles. The van der Waals surface area contributed by atoms with E-state index in [1.807, 2.05) is 13.8 Å². The normalized spacial score (nSPS) is 17.3. The summed E-state index contributed by atoms with van der Waals surface area (Å²) in [6, 6.07) is 1.33. The van der Waals surface area contributed by atoms with Crippen LogP contribution in [0.15, 0.2) is 18.2 Å². The van der Waals surface area contributed by atoms with E-state index in [4.69, 9.17) is 9.31 Å². The van der Waals surface area contributed by atoms with Crippen molar-refractivity contribution in [2.75, 3.05) is 6.61 Å². The third kappa shape index (κ3) is 9.89. The van der Waals surface area contributed by atoms with Gasteiger partial charge in [-0.15, -0.1) is 0 Å². The van der Waals surface area contributed by atoms with Gasteiger partial charge in [-0.25, -0.2) is 0 Å². The van der Waals surface area contributed by atoms with Crippen LogP contribution in [0.1, 0.15) is 72.4 Å². The maximum atomic E-state index is 12.7. The van der Waals surface area contributed by atoms with E-state index in [1.54, 1.807) is 6.92 Å². The van der Waals surface area contributed by atoms with Gasteiger partial charge in [0, 0.05) is 0 Å². The molecule has 0 spiro atoms. The molecule has 0 amide bonds. The number of alkyl halides is 6. The van der Waals surface area contributed by atoms with Crippen LogP contribution < -0.4 is 5.46 Å². The molecule has 0 N–H and O–H groups in total. The van der Waals surface area contributed by atoms with E-state index < -0.39 is 30.6 Å². The average Bonchev–Trinajstić information content (AvgIpc) is 3.11. The minimum Gasteiger partial charge on any atom is -0.405 e. The summed E-state index contributed by atoms with van der Waals surface area (Å²) in [7, 11) is -1.21. The first-order chi connectivity index (χ1) is 13.2. The summed E-state index contributed by atoms with van der Waals surface area (Å²) in [5.41, 5.74) is -2.49. The van der Waals surface area contributed by atoms with E-state index >= 15 is 0 Å². The summed E-state index contributed by atoms with van der Waals surface area (Å²) >= 11 is 0. The van der Waals surface area contributed by atoms with Crippen LogP contribution in [0.2, 0.25) is 0 Å². The topological polar surface area (TPSA) is 18.5 Å². The highest BCUT2D eigenvalue weighted by molar-refractivity contribution is 6.61. The Bertz CT molecular complexity index is 576. The van der Waals surface area contributed by atoms with Gasteiger partial charge in [-0.05, 0) is 23.4 Å². The first kappa shape index (κ1) is 27.8. The molecule has 2 rings (SSSR count). The lowest BCUT2D eigenvalue weighted by Gasteiger charge is -2.15. The Hall–Kier alpha value is -1.22. The Morgan fingerprint density at radius 3 is 1.59 bits per heavy atom. The summed E-state index contributed by atoms with van der Waals surface area (Å²) in [5.74, 6) is 0. The number of hydrogen-bond donors (Lipinski definition) is 0. The molecule has 168 valence electrons. The SMILES string of the molecule is CC.CCC(C)(C)C.CCC1COB(c2cc(C(F)(F)F)cc(C(F)(F)F)c2)O1. The van der Waals surface area contributed by atoms with Gasteiger partial charge in [0.15, 0.2) is 0 Å². The van der Waals surface area contributed by atoms with Gasteiger partial charge < -0.3 is 9.31 Å². The fourth-order valence-corrected chi connectivity index (χ4v) is 1.95. The maximum Gasteiger partial charge on any atom is 0.494 e. The second-order valence-corrected chi connectivity index (χ2v) is 7.59. The molecule has 1 unspecified atom stereocenters. The average molecular weight is 428 g/mol. The van der Waals surface area contributed by atoms with Crippen molar-refractivity contribution in [2.24, 2.45) is 5.41 Å². The molecule has 0 aliphatic carbocycles. The quantitative estimate of drug-likeness (QED) is 0.385. The van der Waals surface area contributed by atoms with Gasteiger partial charge in [0.1, 0.15) is 0 Å². The highest BCUT2D eigenvalue weighted by atomic mass is 19.4. The molecular weight excluding hydrogens is 397 g/mol. The monoisotopic (exact) mass is 428 g/mol. The Balaban J connectivity index is 0.000000841. The third-order valence-corrected chi connectivity index (χ3v) is 4.15. The molecule has 29 heavy (non-hydrogen) atoms. The summed E-state index contributed by atoms with van der Waals surface area (Å²) in [6.07, 6.45) is -8.26. The predicted molar refractivity (Wildman–Crippen MR) is 104 cm³/mol. The van der Waals surface area contributed by atoms with Crippen molar-refractivity contribution >= 4 is 12.6 Å². The second-order valence-electron chi connectivity index (χ2n) is 7.59.